The van der Waals surface area contributed by atoms with Crippen LogP contribution >= 0.6 is 0 Å². The first kappa shape index (κ1) is 17.1. The quantitative estimate of drug-likeness (QED) is 0.493. The lowest BCUT2D eigenvalue weighted by atomic mass is 10.1. The van der Waals surface area contributed by atoms with Crippen molar-refractivity contribution in [2.24, 2.45) is 0 Å². The molecule has 4 aromatic rings. The summed E-state index contributed by atoms with van der Waals surface area (Å²) in [5, 5.41) is 11.3. The van der Waals surface area contributed by atoms with Gasteiger partial charge in [-0.25, -0.2) is 9.37 Å². The highest BCUT2D eigenvalue weighted by atomic mass is 19.4. The summed E-state index contributed by atoms with van der Waals surface area (Å²) in [4.78, 5) is 4.45. The van der Waals surface area contributed by atoms with Crippen LogP contribution in [-0.4, -0.2) is 22.3 Å². The highest BCUT2D eigenvalue weighted by Gasteiger charge is 2.34. The Balaban J connectivity index is 1.80. The molecule has 2 aromatic carbocycles. The van der Waals surface area contributed by atoms with Gasteiger partial charge in [-0.05, 0) is 36.4 Å². The van der Waals surface area contributed by atoms with Crippen molar-refractivity contribution >= 4 is 33.3 Å². The van der Waals surface area contributed by atoms with Gasteiger partial charge in [-0.15, -0.1) is 0 Å². The number of nitrogens with one attached hydrogen (secondary N) is 2. The maximum Gasteiger partial charge on any atom is 0.419 e. The number of alkyl halides is 3. The van der Waals surface area contributed by atoms with Gasteiger partial charge in [0.25, 0.3) is 0 Å². The fourth-order valence-corrected chi connectivity index (χ4v) is 2.85. The third-order valence-corrected chi connectivity index (χ3v) is 4.13. The minimum absolute atomic E-state index is 0.130. The van der Waals surface area contributed by atoms with Crippen molar-refractivity contribution in [2.75, 3.05) is 12.4 Å². The van der Waals surface area contributed by atoms with E-state index in [0.29, 0.717) is 28.7 Å². The number of aromatic amines is 1. The summed E-state index contributed by atoms with van der Waals surface area (Å²) in [7, 11) is 1.55. The standard InChI is InChI=1S/C18H12F4N4O/c1-27-10-3-5-15-11(7-10)12-8-23-26-16(12)17(25-15)24-9-2-4-13(14(19)6-9)18(20,21)22/h2-8H,1H3,(H,23,26)(H,24,25). The van der Waals surface area contributed by atoms with Crippen LogP contribution in [0, 0.1) is 5.82 Å². The van der Waals surface area contributed by atoms with Crippen LogP contribution in [-0.2, 0) is 6.18 Å². The molecule has 4 rings (SSSR count). The lowest BCUT2D eigenvalue weighted by molar-refractivity contribution is -0.139. The van der Waals surface area contributed by atoms with E-state index in [-0.39, 0.29) is 5.69 Å². The Bertz CT molecular complexity index is 1150. The second-order valence-corrected chi connectivity index (χ2v) is 5.81. The molecule has 0 unspecified atom stereocenters. The van der Waals surface area contributed by atoms with Gasteiger partial charge >= 0.3 is 6.18 Å². The van der Waals surface area contributed by atoms with E-state index in [9.17, 15) is 17.6 Å². The molecule has 0 atom stereocenters. The number of methoxy groups -OCH3 is 1. The van der Waals surface area contributed by atoms with E-state index in [1.54, 1.807) is 25.4 Å². The molecule has 0 amide bonds. The van der Waals surface area contributed by atoms with Crippen LogP contribution in [0.2, 0.25) is 0 Å². The van der Waals surface area contributed by atoms with Gasteiger partial charge in [0.1, 0.15) is 17.1 Å². The molecule has 27 heavy (non-hydrogen) atoms. The highest BCUT2D eigenvalue weighted by molar-refractivity contribution is 6.09. The zero-order chi connectivity index (χ0) is 19.2. The number of nitrogens with zero attached hydrogens (tertiary/aromatic N) is 2. The fraction of sp³-hybridized carbons (Fsp3) is 0.111. The molecular weight excluding hydrogens is 364 g/mol. The van der Waals surface area contributed by atoms with Crippen molar-refractivity contribution in [3.05, 3.63) is 54.0 Å². The molecule has 5 nitrogen and oxygen atoms in total. The predicted octanol–water partition coefficient (Wildman–Crippen LogP) is 5.02. The third-order valence-electron chi connectivity index (χ3n) is 4.13. The van der Waals surface area contributed by atoms with E-state index < -0.39 is 17.6 Å². The molecule has 0 saturated heterocycles. The van der Waals surface area contributed by atoms with Gasteiger partial charge in [0.05, 0.1) is 18.2 Å². The van der Waals surface area contributed by atoms with E-state index in [4.69, 9.17) is 4.74 Å². The lowest BCUT2D eigenvalue weighted by Gasteiger charge is -2.12. The maximum atomic E-state index is 13.8. The van der Waals surface area contributed by atoms with Crippen LogP contribution in [0.5, 0.6) is 5.75 Å². The molecule has 0 aliphatic carbocycles. The van der Waals surface area contributed by atoms with E-state index in [1.165, 1.54) is 0 Å². The average molecular weight is 376 g/mol. The molecule has 0 bridgehead atoms. The van der Waals surface area contributed by atoms with Crippen molar-refractivity contribution in [1.82, 2.24) is 15.2 Å². The number of ether oxygens (including phenoxy) is 1. The van der Waals surface area contributed by atoms with E-state index >= 15 is 0 Å². The average Bonchev–Trinajstić information content (AvgIpc) is 3.11. The first-order valence-electron chi connectivity index (χ1n) is 7.82. The Labute approximate surface area is 150 Å². The first-order valence-corrected chi connectivity index (χ1v) is 7.82. The molecule has 2 aromatic heterocycles. The monoisotopic (exact) mass is 376 g/mol. The lowest BCUT2D eigenvalue weighted by Crippen LogP contribution is -2.08. The molecule has 2 heterocycles. The molecule has 2 N–H and O–H groups in total. The molecule has 0 radical (unpaired) electrons. The van der Waals surface area contributed by atoms with E-state index in [1.807, 2.05) is 6.07 Å². The summed E-state index contributed by atoms with van der Waals surface area (Å²) in [5.74, 6) is -0.420. The molecule has 0 aliphatic heterocycles. The first-order chi connectivity index (χ1) is 12.9. The third kappa shape index (κ3) is 3.01. The Morgan fingerprint density at radius 2 is 1.89 bits per heavy atom. The summed E-state index contributed by atoms with van der Waals surface area (Å²) in [6, 6.07) is 7.90. The minimum Gasteiger partial charge on any atom is -0.497 e. The van der Waals surface area contributed by atoms with E-state index in [0.717, 1.165) is 22.9 Å². The van der Waals surface area contributed by atoms with Crippen molar-refractivity contribution in [2.45, 2.75) is 6.18 Å². The van der Waals surface area contributed by atoms with E-state index in [2.05, 4.69) is 20.5 Å². The molecule has 0 spiro atoms. The Hall–Kier alpha value is -3.36. The Morgan fingerprint density at radius 1 is 1.07 bits per heavy atom. The van der Waals surface area contributed by atoms with Crippen LogP contribution in [0.4, 0.5) is 29.1 Å². The zero-order valence-corrected chi connectivity index (χ0v) is 13.9. The molecule has 138 valence electrons. The van der Waals surface area contributed by atoms with Crippen LogP contribution in [0.1, 0.15) is 5.56 Å². The van der Waals surface area contributed by atoms with Crippen LogP contribution < -0.4 is 10.1 Å². The predicted molar refractivity (Wildman–Crippen MR) is 92.6 cm³/mol. The van der Waals surface area contributed by atoms with Gasteiger partial charge < -0.3 is 10.1 Å². The number of rotatable bonds is 3. The zero-order valence-electron chi connectivity index (χ0n) is 13.9. The van der Waals surface area contributed by atoms with Crippen molar-refractivity contribution < 1.29 is 22.3 Å². The summed E-state index contributed by atoms with van der Waals surface area (Å²) < 4.78 is 57.2. The normalized spacial score (nSPS) is 11.9. The number of halogens is 4. The smallest absolute Gasteiger partial charge is 0.419 e. The summed E-state index contributed by atoms with van der Waals surface area (Å²) in [6.45, 7) is 0. The topological polar surface area (TPSA) is 62.8 Å². The van der Waals surface area contributed by atoms with Gasteiger partial charge in [-0.1, -0.05) is 0 Å². The number of benzene rings is 2. The van der Waals surface area contributed by atoms with Crippen LogP contribution in [0.3, 0.4) is 0 Å². The number of H-pyrrole nitrogens is 1. The molecular formula is C18H12F4N4O. The number of pyridine rings is 1. The maximum absolute atomic E-state index is 13.8. The minimum atomic E-state index is -4.75. The Kier molecular flexibility index (Phi) is 3.87. The molecule has 0 fully saturated rings. The highest BCUT2D eigenvalue weighted by Crippen LogP contribution is 2.34. The number of aromatic nitrogens is 3. The summed E-state index contributed by atoms with van der Waals surface area (Å²) in [5.41, 5.74) is -0.0997. The van der Waals surface area contributed by atoms with Crippen LogP contribution in [0.25, 0.3) is 21.8 Å². The van der Waals surface area contributed by atoms with Crippen molar-refractivity contribution in [3.63, 3.8) is 0 Å². The summed E-state index contributed by atoms with van der Waals surface area (Å²) in [6.07, 6.45) is -3.07. The fourth-order valence-electron chi connectivity index (χ4n) is 2.85. The van der Waals surface area contributed by atoms with Crippen LogP contribution in [0.15, 0.2) is 42.6 Å². The van der Waals surface area contributed by atoms with Gasteiger partial charge in [0.15, 0.2) is 5.82 Å². The van der Waals surface area contributed by atoms with Gasteiger partial charge in [0.2, 0.25) is 0 Å². The van der Waals surface area contributed by atoms with Crippen molar-refractivity contribution in [3.8, 4) is 5.75 Å². The Morgan fingerprint density at radius 3 is 2.59 bits per heavy atom. The SMILES string of the molecule is COc1ccc2nc(Nc3ccc(C(F)(F)F)c(F)c3)c3n[nH]cc3c2c1. The number of anilines is 2. The molecule has 0 aliphatic rings. The summed E-state index contributed by atoms with van der Waals surface area (Å²) >= 11 is 0. The van der Waals surface area contributed by atoms with Gasteiger partial charge in [0, 0.05) is 22.7 Å². The van der Waals surface area contributed by atoms with Gasteiger partial charge in [-0.2, -0.15) is 18.3 Å². The second kappa shape index (κ2) is 6.11. The second-order valence-electron chi connectivity index (χ2n) is 5.81. The largest absolute Gasteiger partial charge is 0.497 e. The molecule has 0 saturated carbocycles. The number of fused-ring (bicyclic) bond motifs is 3. The van der Waals surface area contributed by atoms with Gasteiger partial charge in [-0.3, -0.25) is 5.10 Å². The number of hydrogen-bond acceptors (Lipinski definition) is 4. The molecule has 9 heteroatoms. The number of hydrogen-bond donors (Lipinski definition) is 2. The van der Waals surface area contributed by atoms with Crippen molar-refractivity contribution in [1.29, 1.82) is 0 Å².